The van der Waals surface area contributed by atoms with E-state index in [1.165, 1.54) is 7.11 Å². The molecule has 1 unspecified atom stereocenters. The number of esters is 1. The lowest BCUT2D eigenvalue weighted by molar-refractivity contribution is -0.140. The smallest absolute Gasteiger partial charge is 0.309 e. The molecule has 0 amide bonds. The van der Waals surface area contributed by atoms with Crippen LogP contribution in [0.25, 0.3) is 0 Å². The van der Waals surface area contributed by atoms with Crippen molar-refractivity contribution in [2.75, 3.05) is 14.2 Å². The summed E-state index contributed by atoms with van der Waals surface area (Å²) in [6, 6.07) is 1.80. The zero-order valence-electron chi connectivity index (χ0n) is 10.3. The monoisotopic (exact) mass is 249 g/mol. The van der Waals surface area contributed by atoms with Crippen molar-refractivity contribution >= 4 is 5.97 Å². The summed E-state index contributed by atoms with van der Waals surface area (Å²) in [5.74, 6) is 0.163. The molecule has 1 N–H and O–H groups in total. The highest BCUT2D eigenvalue weighted by molar-refractivity contribution is 5.73. The summed E-state index contributed by atoms with van der Waals surface area (Å²) in [7, 11) is 2.88. The molecule has 5 heteroatoms. The number of carbonyl (C=O) groups excluding carboxylic acids is 1. The average Bonchev–Trinajstić information content (AvgIpc) is 2.41. The molecular weight excluding hydrogens is 234 g/mol. The van der Waals surface area contributed by atoms with Crippen LogP contribution in [0.1, 0.15) is 23.7 Å². The minimum absolute atomic E-state index is 0.100. The van der Waals surface area contributed by atoms with Crippen molar-refractivity contribution in [2.45, 2.75) is 18.9 Å². The largest absolute Gasteiger partial charge is 0.481 e. The molecule has 0 radical (unpaired) electrons. The maximum Gasteiger partial charge on any atom is 0.309 e. The van der Waals surface area contributed by atoms with Gasteiger partial charge in [0.1, 0.15) is 6.10 Å². The highest BCUT2D eigenvalue weighted by Crippen LogP contribution is 2.33. The van der Waals surface area contributed by atoms with Gasteiger partial charge in [-0.05, 0) is 17.6 Å². The van der Waals surface area contributed by atoms with Crippen molar-refractivity contribution in [1.82, 2.24) is 4.98 Å². The Morgan fingerprint density at radius 3 is 3.00 bits per heavy atom. The van der Waals surface area contributed by atoms with Gasteiger partial charge in [-0.1, -0.05) is 6.08 Å². The minimum Gasteiger partial charge on any atom is -0.481 e. The Labute approximate surface area is 105 Å². The lowest BCUT2D eigenvalue weighted by Crippen LogP contribution is -2.14. The molecule has 1 aliphatic carbocycles. The fourth-order valence-corrected chi connectivity index (χ4v) is 1.98. The van der Waals surface area contributed by atoms with Crippen LogP contribution in [-0.4, -0.2) is 30.3 Å². The highest BCUT2D eigenvalue weighted by Gasteiger charge is 2.23. The van der Waals surface area contributed by atoms with Crippen LogP contribution in [-0.2, 0) is 16.0 Å². The molecule has 1 atom stereocenters. The Balaban J connectivity index is 2.23. The predicted octanol–water partition coefficient (Wildman–Crippen LogP) is 1.17. The van der Waals surface area contributed by atoms with E-state index in [0.29, 0.717) is 17.9 Å². The molecule has 0 fully saturated rings. The molecular formula is C13H15NO4. The van der Waals surface area contributed by atoms with Gasteiger partial charge in [0.15, 0.2) is 0 Å². The second kappa shape index (κ2) is 5.18. The molecule has 0 aliphatic heterocycles. The lowest BCUT2D eigenvalue weighted by Gasteiger charge is -2.22. The summed E-state index contributed by atoms with van der Waals surface area (Å²) in [6.07, 6.45) is 3.39. The number of hydrogen-bond acceptors (Lipinski definition) is 5. The van der Waals surface area contributed by atoms with E-state index in [-0.39, 0.29) is 12.4 Å². The molecule has 0 bridgehead atoms. The van der Waals surface area contributed by atoms with Gasteiger partial charge in [-0.2, -0.15) is 0 Å². The Morgan fingerprint density at radius 2 is 2.33 bits per heavy atom. The van der Waals surface area contributed by atoms with E-state index in [9.17, 15) is 9.90 Å². The molecule has 5 nitrogen and oxygen atoms in total. The number of ether oxygens (including phenoxy) is 2. The Kier molecular flexibility index (Phi) is 3.62. The summed E-state index contributed by atoms with van der Waals surface area (Å²) >= 11 is 0. The standard InChI is InChI=1S/C13H15NO4/c1-17-11-5-8-3-4-9(6-12(15)18-2)13(16)10(8)7-14-11/h4-5,7,13,16H,3,6H2,1-2H3. The van der Waals surface area contributed by atoms with Crippen molar-refractivity contribution in [3.05, 3.63) is 35.0 Å². The molecule has 0 aromatic carbocycles. The van der Waals surface area contributed by atoms with Crippen LogP contribution in [0.5, 0.6) is 5.88 Å². The number of carbonyl (C=O) groups is 1. The molecule has 1 aliphatic rings. The second-order valence-corrected chi connectivity index (χ2v) is 4.06. The SMILES string of the molecule is COC(=O)CC1=CCc2cc(OC)ncc2C1O. The minimum atomic E-state index is -0.800. The van der Waals surface area contributed by atoms with Crippen LogP contribution in [0, 0.1) is 0 Å². The van der Waals surface area contributed by atoms with Crippen LogP contribution in [0.3, 0.4) is 0 Å². The van der Waals surface area contributed by atoms with Crippen molar-refractivity contribution in [3.8, 4) is 5.88 Å². The van der Waals surface area contributed by atoms with Gasteiger partial charge in [0.2, 0.25) is 5.88 Å². The van der Waals surface area contributed by atoms with E-state index in [1.807, 2.05) is 6.08 Å². The lowest BCUT2D eigenvalue weighted by atomic mass is 9.89. The first-order valence-corrected chi connectivity index (χ1v) is 5.62. The molecule has 96 valence electrons. The zero-order chi connectivity index (χ0) is 13.1. The Hall–Kier alpha value is -1.88. The number of methoxy groups -OCH3 is 2. The maximum absolute atomic E-state index is 11.2. The van der Waals surface area contributed by atoms with Crippen LogP contribution >= 0.6 is 0 Å². The third-order valence-corrected chi connectivity index (χ3v) is 3.01. The van der Waals surface area contributed by atoms with Gasteiger partial charge >= 0.3 is 5.97 Å². The van der Waals surface area contributed by atoms with Crippen LogP contribution < -0.4 is 4.74 Å². The van der Waals surface area contributed by atoms with Gasteiger partial charge in [0.25, 0.3) is 0 Å². The van der Waals surface area contributed by atoms with E-state index in [0.717, 1.165) is 11.1 Å². The topological polar surface area (TPSA) is 68.7 Å². The Bertz CT molecular complexity index is 496. The third-order valence-electron chi connectivity index (χ3n) is 3.01. The molecule has 1 aromatic heterocycles. The first-order valence-electron chi connectivity index (χ1n) is 5.62. The number of rotatable bonds is 3. The Morgan fingerprint density at radius 1 is 1.56 bits per heavy atom. The second-order valence-electron chi connectivity index (χ2n) is 4.06. The summed E-state index contributed by atoms with van der Waals surface area (Å²) in [5, 5.41) is 10.2. The number of hydrogen-bond donors (Lipinski definition) is 1. The number of allylic oxidation sites excluding steroid dienone is 1. The van der Waals surface area contributed by atoms with Crippen molar-refractivity contribution < 1.29 is 19.4 Å². The molecule has 2 rings (SSSR count). The summed E-state index contributed by atoms with van der Waals surface area (Å²) in [4.78, 5) is 15.3. The summed E-state index contributed by atoms with van der Waals surface area (Å²) < 4.78 is 9.64. The highest BCUT2D eigenvalue weighted by atomic mass is 16.5. The van der Waals surface area contributed by atoms with Gasteiger partial charge < -0.3 is 14.6 Å². The number of aliphatic hydroxyl groups excluding tert-OH is 1. The molecule has 0 saturated heterocycles. The molecule has 18 heavy (non-hydrogen) atoms. The van der Waals surface area contributed by atoms with Crippen LogP contribution in [0.2, 0.25) is 0 Å². The van der Waals surface area contributed by atoms with Crippen molar-refractivity contribution in [1.29, 1.82) is 0 Å². The van der Waals surface area contributed by atoms with E-state index < -0.39 is 6.10 Å². The van der Waals surface area contributed by atoms with E-state index in [2.05, 4.69) is 9.72 Å². The number of aliphatic hydroxyl groups is 1. The quantitative estimate of drug-likeness (QED) is 0.643. The number of pyridine rings is 1. The first-order chi connectivity index (χ1) is 8.65. The number of fused-ring (bicyclic) bond motifs is 1. The van der Waals surface area contributed by atoms with E-state index >= 15 is 0 Å². The van der Waals surface area contributed by atoms with Gasteiger partial charge in [-0.3, -0.25) is 4.79 Å². The van der Waals surface area contributed by atoms with Crippen molar-refractivity contribution in [2.24, 2.45) is 0 Å². The van der Waals surface area contributed by atoms with Gasteiger partial charge in [-0.15, -0.1) is 0 Å². The van der Waals surface area contributed by atoms with E-state index in [1.54, 1.807) is 19.4 Å². The molecule has 1 aromatic rings. The molecule has 0 spiro atoms. The van der Waals surface area contributed by atoms with Crippen molar-refractivity contribution in [3.63, 3.8) is 0 Å². The van der Waals surface area contributed by atoms with Crippen LogP contribution in [0.15, 0.2) is 23.9 Å². The third kappa shape index (κ3) is 2.36. The average molecular weight is 249 g/mol. The molecule has 1 heterocycles. The summed E-state index contributed by atoms with van der Waals surface area (Å²) in [5.41, 5.74) is 2.33. The maximum atomic E-state index is 11.2. The van der Waals surface area contributed by atoms with Gasteiger partial charge in [0, 0.05) is 17.8 Å². The zero-order valence-corrected chi connectivity index (χ0v) is 10.3. The predicted molar refractivity (Wildman–Crippen MR) is 64.2 cm³/mol. The summed E-state index contributed by atoms with van der Waals surface area (Å²) in [6.45, 7) is 0. The normalized spacial score (nSPS) is 17.7. The number of aromatic nitrogens is 1. The van der Waals surface area contributed by atoms with E-state index in [4.69, 9.17) is 4.74 Å². The molecule has 0 saturated carbocycles. The van der Waals surface area contributed by atoms with Gasteiger partial charge in [-0.25, -0.2) is 4.98 Å². The fourth-order valence-electron chi connectivity index (χ4n) is 1.98. The first kappa shape index (κ1) is 12.6. The number of nitrogens with zero attached hydrogens (tertiary/aromatic N) is 1. The fraction of sp³-hybridized carbons (Fsp3) is 0.385. The van der Waals surface area contributed by atoms with Gasteiger partial charge in [0.05, 0.1) is 20.6 Å². The van der Waals surface area contributed by atoms with Crippen LogP contribution in [0.4, 0.5) is 0 Å².